The first-order valence-corrected chi connectivity index (χ1v) is 8.60. The van der Waals surface area contributed by atoms with Gasteiger partial charge in [-0.15, -0.1) is 0 Å². The van der Waals surface area contributed by atoms with Gasteiger partial charge in [0.1, 0.15) is 0 Å². The highest BCUT2D eigenvalue weighted by Gasteiger charge is 2.35. The minimum Gasteiger partial charge on any atom is -0.338 e. The molecule has 0 aromatic heterocycles. The number of nitrogens with zero attached hydrogens (tertiary/aromatic N) is 2. The zero-order chi connectivity index (χ0) is 15.0. The molecule has 3 rings (SSSR count). The van der Waals surface area contributed by atoms with Crippen molar-refractivity contribution in [1.29, 1.82) is 0 Å². The van der Waals surface area contributed by atoms with E-state index in [1.807, 2.05) is 25.1 Å². The van der Waals surface area contributed by atoms with Crippen molar-refractivity contribution in [3.8, 4) is 0 Å². The van der Waals surface area contributed by atoms with E-state index >= 15 is 0 Å². The molecule has 3 nitrogen and oxygen atoms in total. The van der Waals surface area contributed by atoms with Crippen LogP contribution < -0.4 is 0 Å². The molecule has 0 saturated carbocycles. The first kappa shape index (κ1) is 15.0. The topological polar surface area (TPSA) is 23.6 Å². The number of likely N-dealkylation sites (tertiary alicyclic amines) is 2. The third-order valence-electron chi connectivity index (χ3n) is 4.92. The predicted molar refractivity (Wildman–Crippen MR) is 88.5 cm³/mol. The van der Waals surface area contributed by atoms with Crippen molar-refractivity contribution in [1.82, 2.24) is 9.80 Å². The normalized spacial score (nSPS) is 26.5. The van der Waals surface area contributed by atoms with Crippen molar-refractivity contribution in [3.63, 3.8) is 0 Å². The third-order valence-corrected chi connectivity index (χ3v) is 5.38. The summed E-state index contributed by atoms with van der Waals surface area (Å²) in [5.41, 5.74) is 1.93. The number of carbonyl (C=O) groups excluding carboxylic acids is 1. The van der Waals surface area contributed by atoms with Crippen LogP contribution >= 0.6 is 15.9 Å². The Kier molecular flexibility index (Phi) is 4.36. The van der Waals surface area contributed by atoms with Crippen LogP contribution in [0.25, 0.3) is 0 Å². The molecule has 0 N–H and O–H groups in total. The van der Waals surface area contributed by atoms with E-state index in [1.54, 1.807) is 0 Å². The fourth-order valence-electron chi connectivity index (χ4n) is 3.88. The number of amides is 1. The second-order valence-electron chi connectivity index (χ2n) is 6.51. The quantitative estimate of drug-likeness (QED) is 0.775. The molecule has 2 saturated heterocycles. The molecule has 2 aliphatic rings. The number of piperidine rings is 2. The van der Waals surface area contributed by atoms with Crippen LogP contribution in [0.3, 0.4) is 0 Å². The molecule has 1 aromatic rings. The highest BCUT2D eigenvalue weighted by molar-refractivity contribution is 9.10. The molecule has 2 heterocycles. The minimum atomic E-state index is 0.186. The molecule has 1 amide bonds. The Morgan fingerprint density at radius 2 is 2.05 bits per heavy atom. The Balaban J connectivity index is 1.74. The third kappa shape index (κ3) is 3.16. The lowest BCUT2D eigenvalue weighted by atomic mass is 9.84. The van der Waals surface area contributed by atoms with E-state index < -0.39 is 0 Å². The number of aryl methyl sites for hydroxylation is 1. The van der Waals surface area contributed by atoms with E-state index in [2.05, 4.69) is 32.8 Å². The largest absolute Gasteiger partial charge is 0.338 e. The summed E-state index contributed by atoms with van der Waals surface area (Å²) in [5.74, 6) is 0.834. The number of hydrogen-bond donors (Lipinski definition) is 0. The SMILES string of the molecule is Cc1cc(Br)cc(C(=O)N2CCC3C(CCCN3C)C2)c1. The summed E-state index contributed by atoms with van der Waals surface area (Å²) in [6, 6.07) is 6.65. The highest BCUT2D eigenvalue weighted by atomic mass is 79.9. The van der Waals surface area contributed by atoms with Gasteiger partial charge in [0, 0.05) is 29.2 Å². The van der Waals surface area contributed by atoms with E-state index in [0.29, 0.717) is 12.0 Å². The Bertz CT molecular complexity index is 525. The standard InChI is InChI=1S/C17H23BrN2O/c1-12-8-14(10-15(18)9-12)17(21)20-7-5-16-13(11-20)4-3-6-19(16)2/h8-10,13,16H,3-7,11H2,1-2H3. The van der Waals surface area contributed by atoms with Gasteiger partial charge in [0.25, 0.3) is 5.91 Å². The molecule has 4 heteroatoms. The maximum Gasteiger partial charge on any atom is 0.253 e. The van der Waals surface area contributed by atoms with Crippen LogP contribution in [0.15, 0.2) is 22.7 Å². The lowest BCUT2D eigenvalue weighted by molar-refractivity contribution is 0.0317. The molecule has 21 heavy (non-hydrogen) atoms. The molecule has 2 aliphatic heterocycles. The molecule has 1 aromatic carbocycles. The minimum absolute atomic E-state index is 0.186. The van der Waals surface area contributed by atoms with Crippen LogP contribution in [-0.2, 0) is 0 Å². The second-order valence-corrected chi connectivity index (χ2v) is 7.42. The number of hydrogen-bond acceptors (Lipinski definition) is 2. The Hall–Kier alpha value is -0.870. The van der Waals surface area contributed by atoms with Crippen molar-refractivity contribution >= 4 is 21.8 Å². The smallest absolute Gasteiger partial charge is 0.253 e. The average molecular weight is 351 g/mol. The monoisotopic (exact) mass is 350 g/mol. The maximum absolute atomic E-state index is 12.8. The van der Waals surface area contributed by atoms with Gasteiger partial charge in [-0.25, -0.2) is 0 Å². The van der Waals surface area contributed by atoms with Gasteiger partial charge in [0.2, 0.25) is 0 Å². The Morgan fingerprint density at radius 3 is 2.81 bits per heavy atom. The fraction of sp³-hybridized carbons (Fsp3) is 0.588. The predicted octanol–water partition coefficient (Wildman–Crippen LogP) is 3.31. The van der Waals surface area contributed by atoms with E-state index in [4.69, 9.17) is 0 Å². The average Bonchev–Trinajstić information content (AvgIpc) is 2.45. The van der Waals surface area contributed by atoms with E-state index in [9.17, 15) is 4.79 Å². The van der Waals surface area contributed by atoms with Crippen molar-refractivity contribution < 1.29 is 4.79 Å². The summed E-state index contributed by atoms with van der Waals surface area (Å²) < 4.78 is 0.984. The van der Waals surface area contributed by atoms with Crippen LogP contribution in [-0.4, -0.2) is 48.4 Å². The summed E-state index contributed by atoms with van der Waals surface area (Å²) in [5, 5.41) is 0. The Morgan fingerprint density at radius 1 is 1.24 bits per heavy atom. The van der Waals surface area contributed by atoms with Crippen LogP contribution in [0, 0.1) is 12.8 Å². The summed E-state index contributed by atoms with van der Waals surface area (Å²) in [4.78, 5) is 17.3. The summed E-state index contributed by atoms with van der Waals surface area (Å²) in [7, 11) is 2.23. The van der Waals surface area contributed by atoms with Gasteiger partial charge in [0.15, 0.2) is 0 Å². The zero-order valence-electron chi connectivity index (χ0n) is 12.8. The number of benzene rings is 1. The number of fused-ring (bicyclic) bond motifs is 1. The van der Waals surface area contributed by atoms with Gasteiger partial charge in [0.05, 0.1) is 0 Å². The second kappa shape index (κ2) is 6.09. The molecule has 0 spiro atoms. The van der Waals surface area contributed by atoms with Crippen molar-refractivity contribution in [2.45, 2.75) is 32.2 Å². The number of carbonyl (C=O) groups is 1. The molecule has 114 valence electrons. The van der Waals surface area contributed by atoms with Crippen molar-refractivity contribution in [2.75, 3.05) is 26.7 Å². The fourth-order valence-corrected chi connectivity index (χ4v) is 4.49. The lowest BCUT2D eigenvalue weighted by Crippen LogP contribution is -2.53. The van der Waals surface area contributed by atoms with Gasteiger partial charge in [-0.1, -0.05) is 15.9 Å². The Labute approximate surface area is 135 Å². The summed E-state index contributed by atoms with van der Waals surface area (Å²) in [6.45, 7) is 5.04. The highest BCUT2D eigenvalue weighted by Crippen LogP contribution is 2.30. The van der Waals surface area contributed by atoms with E-state index in [0.717, 1.165) is 35.1 Å². The molecule has 2 fully saturated rings. The van der Waals surface area contributed by atoms with Crippen LogP contribution in [0.5, 0.6) is 0 Å². The summed E-state index contributed by atoms with van der Waals surface area (Å²) in [6.07, 6.45) is 3.63. The molecule has 2 unspecified atom stereocenters. The van der Waals surface area contributed by atoms with Crippen LogP contribution in [0.1, 0.15) is 35.2 Å². The van der Waals surface area contributed by atoms with E-state index in [-0.39, 0.29) is 5.91 Å². The molecular formula is C17H23BrN2O. The van der Waals surface area contributed by atoms with Gasteiger partial charge in [-0.05, 0) is 69.5 Å². The van der Waals surface area contributed by atoms with Crippen LogP contribution in [0.4, 0.5) is 0 Å². The zero-order valence-corrected chi connectivity index (χ0v) is 14.4. The van der Waals surface area contributed by atoms with Gasteiger partial charge in [-0.2, -0.15) is 0 Å². The molecule has 2 atom stereocenters. The van der Waals surface area contributed by atoms with Crippen molar-refractivity contribution in [2.24, 2.45) is 5.92 Å². The number of halogens is 1. The molecule has 0 radical (unpaired) electrons. The molecule has 0 bridgehead atoms. The van der Waals surface area contributed by atoms with Gasteiger partial charge < -0.3 is 9.80 Å². The molecular weight excluding hydrogens is 328 g/mol. The van der Waals surface area contributed by atoms with E-state index in [1.165, 1.54) is 19.4 Å². The lowest BCUT2D eigenvalue weighted by Gasteiger charge is -2.46. The van der Waals surface area contributed by atoms with Crippen molar-refractivity contribution in [3.05, 3.63) is 33.8 Å². The molecule has 0 aliphatic carbocycles. The van der Waals surface area contributed by atoms with Gasteiger partial charge in [-0.3, -0.25) is 4.79 Å². The summed E-state index contributed by atoms with van der Waals surface area (Å²) >= 11 is 3.49. The van der Waals surface area contributed by atoms with Crippen LogP contribution in [0.2, 0.25) is 0 Å². The first-order chi connectivity index (χ1) is 10.0. The number of rotatable bonds is 1. The van der Waals surface area contributed by atoms with Gasteiger partial charge >= 0.3 is 0 Å². The first-order valence-electron chi connectivity index (χ1n) is 7.81. The maximum atomic E-state index is 12.8.